The maximum Gasteiger partial charge on any atom is 0.344 e. The van der Waals surface area contributed by atoms with Crippen LogP contribution in [0.15, 0.2) is 29.6 Å². The Morgan fingerprint density at radius 2 is 2.56 bits per heavy atom. The number of rotatable bonds is 4. The van der Waals surface area contributed by atoms with Crippen LogP contribution in [0.1, 0.15) is 5.82 Å². The van der Waals surface area contributed by atoms with Gasteiger partial charge in [-0.25, -0.2) is 4.79 Å². The smallest absolute Gasteiger partial charge is 0.342 e. The summed E-state index contributed by atoms with van der Waals surface area (Å²) >= 11 is 0. The summed E-state index contributed by atoms with van der Waals surface area (Å²) in [6.07, 6.45) is 4.82. The SMILES string of the molecule is C=CCON1C(=O)N2CC(c3ncon3)=CC1C2. The molecule has 1 aromatic rings. The third-order valence-corrected chi connectivity index (χ3v) is 2.90. The highest BCUT2D eigenvalue weighted by atomic mass is 16.7. The van der Waals surface area contributed by atoms with Crippen LogP contribution in [0.5, 0.6) is 0 Å². The molecule has 0 aliphatic carbocycles. The van der Waals surface area contributed by atoms with E-state index in [9.17, 15) is 4.79 Å². The first-order valence-electron chi connectivity index (χ1n) is 5.59. The van der Waals surface area contributed by atoms with E-state index in [1.165, 1.54) is 11.5 Å². The van der Waals surface area contributed by atoms with Crippen LogP contribution in [0.25, 0.3) is 5.57 Å². The highest BCUT2D eigenvalue weighted by Gasteiger charge is 2.41. The van der Waals surface area contributed by atoms with E-state index in [0.29, 0.717) is 25.5 Å². The molecule has 1 fully saturated rings. The van der Waals surface area contributed by atoms with Gasteiger partial charge in [0, 0.05) is 12.1 Å². The van der Waals surface area contributed by atoms with Crippen molar-refractivity contribution in [3.05, 3.63) is 30.9 Å². The number of urea groups is 1. The zero-order chi connectivity index (χ0) is 12.5. The van der Waals surface area contributed by atoms with E-state index in [-0.39, 0.29) is 12.1 Å². The molecule has 3 rings (SSSR count). The van der Waals surface area contributed by atoms with Crippen LogP contribution < -0.4 is 0 Å². The van der Waals surface area contributed by atoms with E-state index in [2.05, 4.69) is 16.7 Å². The van der Waals surface area contributed by atoms with Gasteiger partial charge in [-0.1, -0.05) is 11.2 Å². The van der Waals surface area contributed by atoms with E-state index in [0.717, 1.165) is 5.57 Å². The molecule has 2 aliphatic rings. The van der Waals surface area contributed by atoms with Gasteiger partial charge in [0.1, 0.15) is 0 Å². The van der Waals surface area contributed by atoms with Crippen molar-refractivity contribution in [1.29, 1.82) is 0 Å². The summed E-state index contributed by atoms with van der Waals surface area (Å²) in [7, 11) is 0. The molecule has 2 aliphatic heterocycles. The molecule has 1 saturated heterocycles. The number of aromatic nitrogens is 2. The summed E-state index contributed by atoms with van der Waals surface area (Å²) in [6.45, 7) is 4.97. The minimum atomic E-state index is -0.142. The monoisotopic (exact) mass is 248 g/mol. The molecule has 94 valence electrons. The Morgan fingerprint density at radius 3 is 3.28 bits per heavy atom. The number of nitrogens with zero attached hydrogens (tertiary/aromatic N) is 4. The van der Waals surface area contributed by atoms with Crippen molar-refractivity contribution in [2.24, 2.45) is 0 Å². The van der Waals surface area contributed by atoms with Crippen LogP contribution in [0.4, 0.5) is 4.79 Å². The molecule has 0 spiro atoms. The summed E-state index contributed by atoms with van der Waals surface area (Å²) in [5, 5.41) is 5.15. The molecule has 0 saturated carbocycles. The van der Waals surface area contributed by atoms with Crippen molar-refractivity contribution in [3.63, 3.8) is 0 Å². The Labute approximate surface area is 103 Å². The fourth-order valence-corrected chi connectivity index (χ4v) is 2.14. The summed E-state index contributed by atoms with van der Waals surface area (Å²) < 4.78 is 4.71. The molecule has 2 amide bonds. The van der Waals surface area contributed by atoms with Crippen molar-refractivity contribution in [2.45, 2.75) is 6.04 Å². The number of fused-ring (bicyclic) bond motifs is 2. The van der Waals surface area contributed by atoms with Gasteiger partial charge in [-0.15, -0.1) is 6.58 Å². The molecule has 2 bridgehead atoms. The number of hydroxylamine groups is 2. The predicted octanol–water partition coefficient (Wildman–Crippen LogP) is 0.690. The molecule has 3 heterocycles. The van der Waals surface area contributed by atoms with E-state index in [4.69, 9.17) is 9.36 Å². The average molecular weight is 248 g/mol. The fraction of sp³-hybridized carbons (Fsp3) is 0.364. The van der Waals surface area contributed by atoms with Gasteiger partial charge in [-0.2, -0.15) is 10.0 Å². The molecule has 7 heteroatoms. The molecule has 1 aromatic heterocycles. The molecular weight excluding hydrogens is 236 g/mol. The topological polar surface area (TPSA) is 71.7 Å². The maximum atomic E-state index is 12.0. The van der Waals surface area contributed by atoms with Crippen molar-refractivity contribution >= 4 is 11.6 Å². The predicted molar refractivity (Wildman–Crippen MR) is 61.0 cm³/mol. The van der Waals surface area contributed by atoms with Crippen LogP contribution in [-0.4, -0.2) is 51.9 Å². The molecule has 7 nitrogen and oxygen atoms in total. The summed E-state index contributed by atoms with van der Waals surface area (Å²) in [5.41, 5.74) is 0.873. The number of hydrogen-bond acceptors (Lipinski definition) is 5. The lowest BCUT2D eigenvalue weighted by molar-refractivity contribution is -0.107. The van der Waals surface area contributed by atoms with Crippen LogP contribution in [-0.2, 0) is 4.84 Å². The van der Waals surface area contributed by atoms with Crippen molar-refractivity contribution in [1.82, 2.24) is 20.1 Å². The summed E-state index contributed by atoms with van der Waals surface area (Å²) in [4.78, 5) is 23.0. The molecule has 18 heavy (non-hydrogen) atoms. The zero-order valence-corrected chi connectivity index (χ0v) is 9.65. The van der Waals surface area contributed by atoms with Crippen LogP contribution in [0, 0.1) is 0 Å². The lowest BCUT2D eigenvalue weighted by atomic mass is 10.1. The number of carbonyl (C=O) groups excluding carboxylic acids is 1. The normalized spacial score (nSPS) is 22.3. The Kier molecular flexibility index (Phi) is 2.60. The van der Waals surface area contributed by atoms with Gasteiger partial charge >= 0.3 is 6.03 Å². The quantitative estimate of drug-likeness (QED) is 0.733. The van der Waals surface area contributed by atoms with Crippen LogP contribution >= 0.6 is 0 Å². The second kappa shape index (κ2) is 4.26. The highest BCUT2D eigenvalue weighted by Crippen LogP contribution is 2.27. The highest BCUT2D eigenvalue weighted by molar-refractivity contribution is 5.81. The molecule has 0 N–H and O–H groups in total. The van der Waals surface area contributed by atoms with Gasteiger partial charge < -0.3 is 9.42 Å². The first-order chi connectivity index (χ1) is 8.79. The largest absolute Gasteiger partial charge is 0.344 e. The minimum Gasteiger partial charge on any atom is -0.342 e. The number of amides is 2. The van der Waals surface area contributed by atoms with Crippen molar-refractivity contribution < 1.29 is 14.2 Å². The molecule has 1 atom stereocenters. The number of hydrogen-bond donors (Lipinski definition) is 0. The van der Waals surface area contributed by atoms with Gasteiger partial charge in [0.15, 0.2) is 5.82 Å². The zero-order valence-electron chi connectivity index (χ0n) is 9.65. The standard InChI is InChI=1S/C11H12N4O3/c1-2-3-18-15-9-4-8(10-12-7-17-13-10)5-14(6-9)11(15)16/h2,4,7,9H,1,3,5-6H2. The van der Waals surface area contributed by atoms with E-state index < -0.39 is 0 Å². The first kappa shape index (κ1) is 11.0. The summed E-state index contributed by atoms with van der Waals surface area (Å²) in [6, 6.07) is -0.253. The van der Waals surface area contributed by atoms with Gasteiger partial charge in [0.2, 0.25) is 6.39 Å². The Hall–Kier alpha value is -2.15. The molecule has 0 aromatic carbocycles. The number of carbonyl (C=O) groups is 1. The lowest BCUT2D eigenvalue weighted by Crippen LogP contribution is -2.33. The lowest BCUT2D eigenvalue weighted by Gasteiger charge is -2.19. The Bertz CT molecular complexity index is 496. The molecule has 1 unspecified atom stereocenters. The summed E-state index contributed by atoms with van der Waals surface area (Å²) in [5.74, 6) is 0.517. The van der Waals surface area contributed by atoms with Gasteiger partial charge in [0.25, 0.3) is 0 Å². The third-order valence-electron chi connectivity index (χ3n) is 2.90. The van der Waals surface area contributed by atoms with E-state index in [1.54, 1.807) is 11.0 Å². The van der Waals surface area contributed by atoms with Gasteiger partial charge in [-0.3, -0.25) is 4.84 Å². The van der Waals surface area contributed by atoms with Crippen molar-refractivity contribution in [2.75, 3.05) is 19.7 Å². The second-order valence-electron chi connectivity index (χ2n) is 4.09. The van der Waals surface area contributed by atoms with E-state index >= 15 is 0 Å². The van der Waals surface area contributed by atoms with Crippen molar-refractivity contribution in [3.8, 4) is 0 Å². The van der Waals surface area contributed by atoms with E-state index in [1.807, 2.05) is 6.08 Å². The Morgan fingerprint density at radius 1 is 1.67 bits per heavy atom. The van der Waals surface area contributed by atoms with Crippen LogP contribution in [0.2, 0.25) is 0 Å². The first-order valence-corrected chi connectivity index (χ1v) is 5.59. The average Bonchev–Trinajstić information content (AvgIpc) is 2.98. The van der Waals surface area contributed by atoms with Crippen LogP contribution in [0.3, 0.4) is 0 Å². The Balaban J connectivity index is 1.83. The maximum absolute atomic E-state index is 12.0. The second-order valence-corrected chi connectivity index (χ2v) is 4.09. The molecule has 0 radical (unpaired) electrons. The van der Waals surface area contributed by atoms with Gasteiger partial charge in [0.05, 0.1) is 19.2 Å². The third kappa shape index (κ3) is 1.68. The van der Waals surface area contributed by atoms with Gasteiger partial charge in [-0.05, 0) is 6.08 Å². The fourth-order valence-electron chi connectivity index (χ4n) is 2.14. The molecular formula is C11H12N4O3. The minimum absolute atomic E-state index is 0.111.